The van der Waals surface area contributed by atoms with E-state index in [9.17, 15) is 29.4 Å². The maximum atomic E-state index is 14.2. The van der Waals surface area contributed by atoms with Crippen LogP contribution in [-0.4, -0.2) is 92.3 Å². The van der Waals surface area contributed by atoms with Crippen molar-refractivity contribution in [2.24, 2.45) is 11.8 Å². The molecular weight excluding hydrogens is 614 g/mol. The van der Waals surface area contributed by atoms with Crippen molar-refractivity contribution in [3.05, 3.63) is 66.2 Å². The van der Waals surface area contributed by atoms with Gasteiger partial charge in [0.25, 0.3) is 0 Å². The van der Waals surface area contributed by atoms with Gasteiger partial charge in [-0.15, -0.1) is 0 Å². The summed E-state index contributed by atoms with van der Waals surface area (Å²) in [6.07, 6.45) is 2.88. The minimum Gasteiger partial charge on any atom is -0.461 e. The summed E-state index contributed by atoms with van der Waals surface area (Å²) in [5, 5.41) is 28.4. The molecule has 4 rings (SSSR count). The van der Waals surface area contributed by atoms with Crippen molar-refractivity contribution >= 4 is 34.5 Å². The third-order valence-electron chi connectivity index (χ3n) is 8.69. The number of nitrogens with one attached hydrogen (secondary N) is 3. The topological polar surface area (TPSA) is 174 Å². The number of hydrogen-bond acceptors (Lipinski definition) is 8. The lowest BCUT2D eigenvalue weighted by atomic mass is 9.91. The first-order chi connectivity index (χ1) is 23.0. The Labute approximate surface area is 281 Å². The summed E-state index contributed by atoms with van der Waals surface area (Å²) < 4.78 is 5.20. The molecule has 1 aliphatic rings. The first kappa shape index (κ1) is 36.5. The zero-order valence-corrected chi connectivity index (χ0v) is 28.2. The average molecular weight is 664 g/mol. The molecule has 3 aromatic rings. The van der Waals surface area contributed by atoms with Crippen LogP contribution in [0.4, 0.5) is 0 Å². The number of benzene rings is 2. The van der Waals surface area contributed by atoms with Crippen molar-refractivity contribution in [2.45, 2.75) is 96.6 Å². The van der Waals surface area contributed by atoms with Gasteiger partial charge in [-0.3, -0.25) is 14.4 Å². The number of rotatable bonds is 16. The van der Waals surface area contributed by atoms with Gasteiger partial charge in [-0.25, -0.2) is 9.78 Å². The molecule has 260 valence electrons. The van der Waals surface area contributed by atoms with E-state index in [4.69, 9.17) is 4.74 Å². The normalized spacial score (nSPS) is 17.2. The minimum absolute atomic E-state index is 0.0156. The number of aliphatic hydroxyl groups excluding tert-OH is 2. The van der Waals surface area contributed by atoms with Crippen molar-refractivity contribution in [2.75, 3.05) is 13.2 Å². The number of amides is 3. The van der Waals surface area contributed by atoms with E-state index in [-0.39, 0.29) is 50.2 Å². The van der Waals surface area contributed by atoms with Crippen molar-refractivity contribution in [3.8, 4) is 0 Å². The number of ether oxygens (including phenoxy) is 1. The predicted octanol–water partition coefficient (Wildman–Crippen LogP) is 2.67. The van der Waals surface area contributed by atoms with Gasteiger partial charge in [-0.05, 0) is 61.8 Å². The van der Waals surface area contributed by atoms with Gasteiger partial charge >= 0.3 is 5.97 Å². The van der Waals surface area contributed by atoms with E-state index in [1.807, 2.05) is 56.3 Å². The van der Waals surface area contributed by atoms with Crippen LogP contribution in [0.3, 0.4) is 0 Å². The summed E-state index contributed by atoms with van der Waals surface area (Å²) in [6.45, 7) is 7.51. The standard InChI is InChI=1S/C36H49N5O7/c1-22(2)15-30(33(44)36(47)48-23(3)4)39-35(46)31(18-27-19-37-21-38-27)40-34(45)26(17-32(43)41-14-8-12-28(41)20-42)16-25-11-7-10-24-9-5-6-13-29(24)25/h5-7,9-11,13,19,21-23,26,28,30-31,33,42,44H,8,12,14-18,20H2,1-4H3,(H,37,38)(H,39,46)(H,40,45)/t26?,28-,30-,31-,33?/m0/s1. The second kappa shape index (κ2) is 17.2. The summed E-state index contributed by atoms with van der Waals surface area (Å²) in [5.74, 6) is -2.99. The van der Waals surface area contributed by atoms with E-state index in [2.05, 4.69) is 20.6 Å². The van der Waals surface area contributed by atoms with Crippen LogP contribution in [0.5, 0.6) is 0 Å². The first-order valence-corrected chi connectivity index (χ1v) is 16.8. The Morgan fingerprint density at radius 2 is 1.77 bits per heavy atom. The number of H-pyrrole nitrogens is 1. The van der Waals surface area contributed by atoms with E-state index in [1.165, 1.54) is 6.33 Å². The van der Waals surface area contributed by atoms with E-state index in [1.54, 1.807) is 24.9 Å². The molecular formula is C36H49N5O7. The second-order valence-corrected chi connectivity index (χ2v) is 13.3. The molecule has 1 aliphatic heterocycles. The molecule has 5 atom stereocenters. The number of hydrogen-bond donors (Lipinski definition) is 5. The number of imidazole rings is 1. The molecule has 0 saturated carbocycles. The lowest BCUT2D eigenvalue weighted by molar-refractivity contribution is -0.159. The van der Waals surface area contributed by atoms with E-state index >= 15 is 0 Å². The van der Waals surface area contributed by atoms with Crippen molar-refractivity contribution in [3.63, 3.8) is 0 Å². The SMILES string of the molecule is CC(C)C[C@H](NC(=O)[C@H](Cc1cnc[nH]1)NC(=O)C(CC(=O)N1CCC[C@H]1CO)Cc1cccc2ccccc12)C(O)C(=O)OC(C)C. The summed E-state index contributed by atoms with van der Waals surface area (Å²) >= 11 is 0. The molecule has 1 saturated heterocycles. The minimum atomic E-state index is -1.61. The van der Waals surface area contributed by atoms with Gasteiger partial charge in [-0.1, -0.05) is 56.3 Å². The fourth-order valence-corrected chi connectivity index (χ4v) is 6.31. The van der Waals surface area contributed by atoms with Crippen LogP contribution in [0, 0.1) is 11.8 Å². The Kier molecular flexibility index (Phi) is 13.1. The molecule has 0 bridgehead atoms. The molecule has 1 fully saturated rings. The average Bonchev–Trinajstić information content (AvgIpc) is 3.75. The van der Waals surface area contributed by atoms with Gasteiger partial charge in [0.2, 0.25) is 17.7 Å². The van der Waals surface area contributed by atoms with Gasteiger partial charge in [0.1, 0.15) is 6.04 Å². The van der Waals surface area contributed by atoms with E-state index in [0.717, 1.165) is 22.8 Å². The molecule has 2 aromatic carbocycles. The summed E-state index contributed by atoms with van der Waals surface area (Å²) in [7, 11) is 0. The molecule has 12 nitrogen and oxygen atoms in total. The molecule has 12 heteroatoms. The highest BCUT2D eigenvalue weighted by Crippen LogP contribution is 2.25. The zero-order valence-electron chi connectivity index (χ0n) is 28.2. The van der Waals surface area contributed by atoms with Crippen LogP contribution >= 0.6 is 0 Å². The lowest BCUT2D eigenvalue weighted by Crippen LogP contribution is -2.56. The summed E-state index contributed by atoms with van der Waals surface area (Å²) in [6, 6.07) is 11.3. The Morgan fingerprint density at radius 1 is 1.02 bits per heavy atom. The van der Waals surface area contributed by atoms with Crippen LogP contribution in [0.2, 0.25) is 0 Å². The van der Waals surface area contributed by atoms with Crippen LogP contribution in [0.15, 0.2) is 55.0 Å². The number of esters is 1. The second-order valence-electron chi connectivity index (χ2n) is 13.3. The van der Waals surface area contributed by atoms with E-state index in [0.29, 0.717) is 18.7 Å². The number of carbonyl (C=O) groups is 4. The Balaban J connectivity index is 1.61. The van der Waals surface area contributed by atoms with Gasteiger partial charge < -0.3 is 35.5 Å². The van der Waals surface area contributed by atoms with Crippen molar-refractivity contribution in [1.82, 2.24) is 25.5 Å². The Morgan fingerprint density at radius 3 is 2.46 bits per heavy atom. The number of aliphatic hydroxyl groups is 2. The summed E-state index contributed by atoms with van der Waals surface area (Å²) in [5.41, 5.74) is 1.47. The molecule has 0 spiro atoms. The van der Waals surface area contributed by atoms with Crippen LogP contribution in [0.1, 0.15) is 64.6 Å². The van der Waals surface area contributed by atoms with Crippen LogP contribution in [-0.2, 0) is 36.8 Å². The number of fused-ring (bicyclic) bond motifs is 1. The molecule has 5 N–H and O–H groups in total. The van der Waals surface area contributed by atoms with Gasteiger partial charge in [0.05, 0.1) is 37.0 Å². The first-order valence-electron chi connectivity index (χ1n) is 16.8. The quantitative estimate of drug-likeness (QED) is 0.146. The number of likely N-dealkylation sites (tertiary alicyclic amines) is 1. The highest BCUT2D eigenvalue weighted by molar-refractivity contribution is 5.92. The molecule has 3 amide bonds. The highest BCUT2D eigenvalue weighted by Gasteiger charge is 2.35. The number of aromatic amines is 1. The molecule has 2 heterocycles. The van der Waals surface area contributed by atoms with Crippen LogP contribution in [0.25, 0.3) is 10.8 Å². The van der Waals surface area contributed by atoms with Gasteiger partial charge in [0, 0.05) is 31.3 Å². The Bertz CT molecular complexity index is 1520. The smallest absolute Gasteiger partial charge is 0.337 e. The van der Waals surface area contributed by atoms with Gasteiger partial charge in [0.15, 0.2) is 6.10 Å². The third-order valence-corrected chi connectivity index (χ3v) is 8.69. The largest absolute Gasteiger partial charge is 0.461 e. The fourth-order valence-electron chi connectivity index (χ4n) is 6.31. The third kappa shape index (κ3) is 9.86. The zero-order chi connectivity index (χ0) is 34.8. The number of aromatic nitrogens is 2. The Hall–Kier alpha value is -4.29. The molecule has 0 aliphatic carbocycles. The van der Waals surface area contributed by atoms with E-state index < -0.39 is 48.0 Å². The molecule has 1 aromatic heterocycles. The highest BCUT2D eigenvalue weighted by atomic mass is 16.6. The molecule has 0 radical (unpaired) electrons. The fraction of sp³-hybridized carbons (Fsp3) is 0.528. The predicted molar refractivity (Wildman–Crippen MR) is 180 cm³/mol. The number of carbonyl (C=O) groups excluding carboxylic acids is 4. The van der Waals surface area contributed by atoms with Crippen molar-refractivity contribution < 1.29 is 34.1 Å². The maximum Gasteiger partial charge on any atom is 0.337 e. The summed E-state index contributed by atoms with van der Waals surface area (Å²) in [4.78, 5) is 62.9. The number of nitrogens with zero attached hydrogens (tertiary/aromatic N) is 2. The van der Waals surface area contributed by atoms with Crippen molar-refractivity contribution in [1.29, 1.82) is 0 Å². The van der Waals surface area contributed by atoms with Gasteiger partial charge in [-0.2, -0.15) is 0 Å². The molecule has 2 unspecified atom stereocenters. The monoisotopic (exact) mass is 663 g/mol. The lowest BCUT2D eigenvalue weighted by Gasteiger charge is -2.29. The van der Waals surface area contributed by atoms with Crippen LogP contribution < -0.4 is 10.6 Å². The molecule has 48 heavy (non-hydrogen) atoms. The maximum absolute atomic E-state index is 14.2.